The van der Waals surface area contributed by atoms with Crippen LogP contribution in [0.3, 0.4) is 0 Å². The first kappa shape index (κ1) is 14.1. The second kappa shape index (κ2) is 6.26. The third-order valence-electron chi connectivity index (χ3n) is 3.77. The van der Waals surface area contributed by atoms with E-state index < -0.39 is 0 Å². The van der Waals surface area contributed by atoms with Crippen LogP contribution in [0.1, 0.15) is 36.0 Å². The zero-order valence-electron chi connectivity index (χ0n) is 12.0. The van der Waals surface area contributed by atoms with Crippen LogP contribution >= 0.6 is 0 Å². The zero-order valence-corrected chi connectivity index (χ0v) is 12.0. The molecule has 2 fully saturated rings. The second-order valence-electron chi connectivity index (χ2n) is 5.92. The van der Waals surface area contributed by atoms with E-state index in [1.54, 1.807) is 12.1 Å². The molecule has 2 aliphatic rings. The van der Waals surface area contributed by atoms with E-state index in [0.717, 1.165) is 25.3 Å². The maximum atomic E-state index is 12.1. The first-order valence-corrected chi connectivity index (χ1v) is 7.63. The van der Waals surface area contributed by atoms with E-state index in [4.69, 9.17) is 0 Å². The maximum absolute atomic E-state index is 12.1. The largest absolute Gasteiger partial charge is 0.349 e. The van der Waals surface area contributed by atoms with Gasteiger partial charge in [-0.25, -0.2) is 0 Å². The molecule has 5 nitrogen and oxygen atoms in total. The summed E-state index contributed by atoms with van der Waals surface area (Å²) in [7, 11) is 0. The number of hydrogen-bond donors (Lipinski definition) is 3. The van der Waals surface area contributed by atoms with Gasteiger partial charge in [0.1, 0.15) is 0 Å². The Balaban J connectivity index is 1.55. The molecule has 0 unspecified atom stereocenters. The summed E-state index contributed by atoms with van der Waals surface area (Å²) in [6, 6.07) is 7.44. The van der Waals surface area contributed by atoms with Gasteiger partial charge < -0.3 is 16.0 Å². The van der Waals surface area contributed by atoms with Crippen LogP contribution < -0.4 is 16.0 Å². The number of carbonyl (C=O) groups is 2. The molecule has 112 valence electrons. The van der Waals surface area contributed by atoms with Gasteiger partial charge in [0.2, 0.25) is 5.91 Å². The Labute approximate surface area is 124 Å². The molecule has 3 rings (SSSR count). The highest BCUT2D eigenvalue weighted by molar-refractivity contribution is 6.04. The van der Waals surface area contributed by atoms with E-state index in [1.165, 1.54) is 12.8 Å². The van der Waals surface area contributed by atoms with Crippen molar-refractivity contribution >= 4 is 17.5 Å². The highest BCUT2D eigenvalue weighted by Gasteiger charge is 2.25. The number of para-hydroxylation sites is 1. The fraction of sp³-hybridized carbons (Fsp3) is 0.500. The van der Waals surface area contributed by atoms with E-state index in [9.17, 15) is 9.59 Å². The van der Waals surface area contributed by atoms with E-state index in [1.807, 2.05) is 12.1 Å². The molecule has 0 spiro atoms. The summed E-state index contributed by atoms with van der Waals surface area (Å²) in [5.74, 6) is 0.524. The van der Waals surface area contributed by atoms with Crippen LogP contribution in [0.15, 0.2) is 24.3 Å². The number of rotatable bonds is 7. The van der Waals surface area contributed by atoms with Gasteiger partial charge in [0.15, 0.2) is 0 Å². The quantitative estimate of drug-likeness (QED) is 0.712. The maximum Gasteiger partial charge on any atom is 0.253 e. The standard InChI is InChI=1S/C16H21N3O2/c20-15(10-17-9-11-5-6-11)19-14-4-2-1-3-13(14)16(21)18-12-7-8-12/h1-4,11-12,17H,5-10H2,(H,18,21)(H,19,20). The van der Waals surface area contributed by atoms with Gasteiger partial charge in [-0.3, -0.25) is 9.59 Å². The van der Waals surface area contributed by atoms with Crippen molar-refractivity contribution in [1.82, 2.24) is 10.6 Å². The van der Waals surface area contributed by atoms with E-state index in [2.05, 4.69) is 16.0 Å². The molecule has 0 radical (unpaired) electrons. The van der Waals surface area contributed by atoms with Crippen LogP contribution in [0.5, 0.6) is 0 Å². The van der Waals surface area contributed by atoms with Crippen molar-refractivity contribution in [2.75, 3.05) is 18.4 Å². The number of amides is 2. The Bertz CT molecular complexity index is 536. The van der Waals surface area contributed by atoms with Gasteiger partial charge in [0.05, 0.1) is 17.8 Å². The van der Waals surface area contributed by atoms with Crippen molar-refractivity contribution in [2.24, 2.45) is 5.92 Å². The summed E-state index contributed by atoms with van der Waals surface area (Å²) in [6.45, 7) is 1.19. The monoisotopic (exact) mass is 287 g/mol. The number of carbonyl (C=O) groups excluding carboxylic acids is 2. The SMILES string of the molecule is O=C(CNCC1CC1)Nc1ccccc1C(=O)NC1CC1. The molecule has 0 atom stereocenters. The molecule has 2 aliphatic carbocycles. The van der Waals surface area contributed by atoms with Gasteiger partial charge in [-0.05, 0) is 50.3 Å². The molecule has 0 bridgehead atoms. The average Bonchev–Trinajstić information content (AvgIpc) is 3.34. The third-order valence-corrected chi connectivity index (χ3v) is 3.77. The highest BCUT2D eigenvalue weighted by Crippen LogP contribution is 2.27. The number of anilines is 1. The van der Waals surface area contributed by atoms with Gasteiger partial charge in [-0.1, -0.05) is 12.1 Å². The Hall–Kier alpha value is -1.88. The van der Waals surface area contributed by atoms with Crippen LogP contribution in [0.25, 0.3) is 0 Å². The lowest BCUT2D eigenvalue weighted by atomic mass is 10.1. The van der Waals surface area contributed by atoms with Crippen LogP contribution in [-0.2, 0) is 4.79 Å². The van der Waals surface area contributed by atoms with E-state index in [-0.39, 0.29) is 18.4 Å². The van der Waals surface area contributed by atoms with Gasteiger partial charge in [0, 0.05) is 6.04 Å². The first-order chi connectivity index (χ1) is 10.2. The summed E-state index contributed by atoms with van der Waals surface area (Å²) >= 11 is 0. The van der Waals surface area contributed by atoms with Gasteiger partial charge in [-0.2, -0.15) is 0 Å². The second-order valence-corrected chi connectivity index (χ2v) is 5.92. The minimum atomic E-state index is -0.112. The molecule has 0 aliphatic heterocycles. The fourth-order valence-corrected chi connectivity index (χ4v) is 2.19. The predicted molar refractivity (Wildman–Crippen MR) is 81.2 cm³/mol. The smallest absolute Gasteiger partial charge is 0.253 e. The van der Waals surface area contributed by atoms with Gasteiger partial charge >= 0.3 is 0 Å². The number of benzene rings is 1. The predicted octanol–water partition coefficient (Wildman–Crippen LogP) is 1.52. The molecule has 5 heteroatoms. The fourth-order valence-electron chi connectivity index (χ4n) is 2.19. The summed E-state index contributed by atoms with van der Waals surface area (Å²) in [6.07, 6.45) is 4.62. The summed E-state index contributed by atoms with van der Waals surface area (Å²) < 4.78 is 0. The van der Waals surface area contributed by atoms with Crippen molar-refractivity contribution in [1.29, 1.82) is 0 Å². The summed E-state index contributed by atoms with van der Waals surface area (Å²) in [4.78, 5) is 24.0. The Morgan fingerprint density at radius 2 is 1.86 bits per heavy atom. The Morgan fingerprint density at radius 1 is 1.10 bits per heavy atom. The molecule has 1 aromatic rings. The average molecular weight is 287 g/mol. The summed E-state index contributed by atoms with van der Waals surface area (Å²) in [5, 5.41) is 8.91. The molecule has 0 aromatic heterocycles. The molecular formula is C16H21N3O2. The van der Waals surface area contributed by atoms with E-state index in [0.29, 0.717) is 17.3 Å². The van der Waals surface area contributed by atoms with Crippen LogP contribution in [0.4, 0.5) is 5.69 Å². The van der Waals surface area contributed by atoms with Gasteiger partial charge in [0.25, 0.3) is 5.91 Å². The van der Waals surface area contributed by atoms with Crippen molar-refractivity contribution in [2.45, 2.75) is 31.7 Å². The van der Waals surface area contributed by atoms with Crippen molar-refractivity contribution in [3.63, 3.8) is 0 Å². The minimum absolute atomic E-state index is 0.109. The first-order valence-electron chi connectivity index (χ1n) is 7.63. The molecule has 0 saturated heterocycles. The van der Waals surface area contributed by atoms with Crippen molar-refractivity contribution < 1.29 is 9.59 Å². The molecule has 1 aromatic carbocycles. The normalized spacial score (nSPS) is 17.3. The number of hydrogen-bond acceptors (Lipinski definition) is 3. The zero-order chi connectivity index (χ0) is 14.7. The lowest BCUT2D eigenvalue weighted by Gasteiger charge is -2.11. The molecule has 2 amide bonds. The number of nitrogens with one attached hydrogen (secondary N) is 3. The summed E-state index contributed by atoms with van der Waals surface area (Å²) in [5.41, 5.74) is 1.11. The lowest BCUT2D eigenvalue weighted by Crippen LogP contribution is -2.31. The molecule has 2 saturated carbocycles. The van der Waals surface area contributed by atoms with E-state index >= 15 is 0 Å². The minimum Gasteiger partial charge on any atom is -0.349 e. The molecular weight excluding hydrogens is 266 g/mol. The third kappa shape index (κ3) is 4.29. The Morgan fingerprint density at radius 3 is 2.57 bits per heavy atom. The van der Waals surface area contributed by atoms with Crippen LogP contribution in [0, 0.1) is 5.92 Å². The van der Waals surface area contributed by atoms with Crippen LogP contribution in [0.2, 0.25) is 0 Å². The Kier molecular flexibility index (Phi) is 4.20. The molecule has 0 heterocycles. The highest BCUT2D eigenvalue weighted by atomic mass is 16.2. The topological polar surface area (TPSA) is 70.2 Å². The molecule has 21 heavy (non-hydrogen) atoms. The van der Waals surface area contributed by atoms with Crippen molar-refractivity contribution in [3.8, 4) is 0 Å². The van der Waals surface area contributed by atoms with Crippen molar-refractivity contribution in [3.05, 3.63) is 29.8 Å². The van der Waals surface area contributed by atoms with Crippen LogP contribution in [-0.4, -0.2) is 30.9 Å². The molecule has 3 N–H and O–H groups in total. The lowest BCUT2D eigenvalue weighted by molar-refractivity contribution is -0.115. The van der Waals surface area contributed by atoms with Gasteiger partial charge in [-0.15, -0.1) is 0 Å².